The van der Waals surface area contributed by atoms with Gasteiger partial charge in [0.2, 0.25) is 5.91 Å². The van der Waals surface area contributed by atoms with Crippen molar-refractivity contribution in [2.24, 2.45) is 5.73 Å². The van der Waals surface area contributed by atoms with E-state index in [4.69, 9.17) is 10.5 Å². The van der Waals surface area contributed by atoms with Gasteiger partial charge in [-0.3, -0.25) is 4.79 Å². The zero-order valence-electron chi connectivity index (χ0n) is 14.4. The first kappa shape index (κ1) is 18.3. The molecule has 0 bridgehead atoms. The molecule has 2 aromatic carbocycles. The smallest absolute Gasteiger partial charge is 0.248 e. The molecule has 0 spiro atoms. The van der Waals surface area contributed by atoms with E-state index in [9.17, 15) is 4.79 Å². The van der Waals surface area contributed by atoms with Crippen molar-refractivity contribution in [3.63, 3.8) is 0 Å². The zero-order valence-corrected chi connectivity index (χ0v) is 16.0. The first-order valence-corrected chi connectivity index (χ1v) is 8.47. The van der Waals surface area contributed by atoms with Crippen LogP contribution in [0.15, 0.2) is 40.9 Å². The maximum Gasteiger partial charge on any atom is 0.248 e. The molecule has 4 heteroatoms. The molecule has 2 rings (SSSR count). The lowest BCUT2D eigenvalue weighted by Crippen LogP contribution is -2.13. The molecule has 2 N–H and O–H groups in total. The largest absolute Gasteiger partial charge is 0.496 e. The van der Waals surface area contributed by atoms with Crippen LogP contribution < -0.4 is 10.5 Å². The van der Waals surface area contributed by atoms with Gasteiger partial charge in [-0.1, -0.05) is 61.0 Å². The molecule has 3 nitrogen and oxygen atoms in total. The second kappa shape index (κ2) is 7.22. The number of methoxy groups -OCH3 is 1. The Morgan fingerprint density at radius 1 is 1.12 bits per heavy atom. The Morgan fingerprint density at radius 3 is 2.25 bits per heavy atom. The molecular weight excluding hydrogens is 366 g/mol. The van der Waals surface area contributed by atoms with E-state index in [1.807, 2.05) is 30.4 Å². The molecule has 126 valence electrons. The van der Waals surface area contributed by atoms with Crippen LogP contribution in [-0.2, 0) is 5.41 Å². The van der Waals surface area contributed by atoms with Crippen molar-refractivity contribution < 1.29 is 9.53 Å². The average molecular weight is 388 g/mol. The van der Waals surface area contributed by atoms with Gasteiger partial charge in [0.1, 0.15) is 5.75 Å². The summed E-state index contributed by atoms with van der Waals surface area (Å²) < 4.78 is 6.67. The maximum absolute atomic E-state index is 11.1. The Hall–Kier alpha value is -2.07. The Balaban J connectivity index is 2.41. The average Bonchev–Trinajstić information content (AvgIpc) is 2.51. The number of carbonyl (C=O) groups excluding carboxylic acids is 1. The molecule has 0 saturated carbocycles. The third-order valence-corrected chi connectivity index (χ3v) is 4.20. The third-order valence-electron chi connectivity index (χ3n) is 3.75. The number of primary amides is 1. The molecule has 0 heterocycles. The van der Waals surface area contributed by atoms with Crippen LogP contribution in [0.2, 0.25) is 0 Å². The number of amides is 1. The van der Waals surface area contributed by atoms with Gasteiger partial charge in [0.25, 0.3) is 0 Å². The van der Waals surface area contributed by atoms with Crippen molar-refractivity contribution in [1.82, 2.24) is 0 Å². The lowest BCUT2D eigenvalue weighted by molar-refractivity contribution is 0.100. The summed E-state index contributed by atoms with van der Waals surface area (Å²) in [5.74, 6) is 0.449. The first-order chi connectivity index (χ1) is 11.2. The zero-order chi connectivity index (χ0) is 17.9. The van der Waals surface area contributed by atoms with Crippen LogP contribution >= 0.6 is 15.9 Å². The summed E-state index contributed by atoms with van der Waals surface area (Å²) >= 11 is 3.58. The van der Waals surface area contributed by atoms with Crippen LogP contribution in [0.3, 0.4) is 0 Å². The summed E-state index contributed by atoms with van der Waals surface area (Å²) in [4.78, 5) is 11.1. The molecule has 0 aliphatic carbocycles. The predicted octanol–water partition coefficient (Wildman–Crippen LogP) is 5.02. The fourth-order valence-corrected chi connectivity index (χ4v) is 2.94. The van der Waals surface area contributed by atoms with Crippen LogP contribution in [0.5, 0.6) is 5.75 Å². The SMILES string of the molecule is COc1c(/C=C/c2ccc(C(N)=O)cc2)cc(Br)cc1C(C)(C)C. The quantitative estimate of drug-likeness (QED) is 0.748. The highest BCUT2D eigenvalue weighted by Gasteiger charge is 2.21. The molecule has 0 fully saturated rings. The molecular formula is C20H22BrNO2. The summed E-state index contributed by atoms with van der Waals surface area (Å²) in [6.07, 6.45) is 4.00. The van der Waals surface area contributed by atoms with E-state index in [0.29, 0.717) is 5.56 Å². The van der Waals surface area contributed by atoms with Gasteiger partial charge in [-0.05, 0) is 35.2 Å². The van der Waals surface area contributed by atoms with Gasteiger partial charge in [-0.2, -0.15) is 0 Å². The first-order valence-electron chi connectivity index (χ1n) is 7.68. The van der Waals surface area contributed by atoms with Crippen molar-refractivity contribution in [2.75, 3.05) is 7.11 Å². The minimum atomic E-state index is -0.422. The van der Waals surface area contributed by atoms with Crippen molar-refractivity contribution in [3.05, 3.63) is 63.1 Å². The van der Waals surface area contributed by atoms with Gasteiger partial charge in [0, 0.05) is 21.2 Å². The molecule has 0 aliphatic rings. The van der Waals surface area contributed by atoms with Crippen LogP contribution in [0.1, 0.15) is 47.8 Å². The summed E-state index contributed by atoms with van der Waals surface area (Å²) in [6, 6.07) is 11.3. The number of ether oxygens (including phenoxy) is 1. The maximum atomic E-state index is 11.1. The Bertz CT molecular complexity index is 771. The number of nitrogens with two attached hydrogens (primary N) is 1. The molecule has 24 heavy (non-hydrogen) atoms. The molecule has 0 radical (unpaired) electrons. The Labute approximate surface area is 151 Å². The van der Waals surface area contributed by atoms with Crippen LogP contribution in [-0.4, -0.2) is 13.0 Å². The van der Waals surface area contributed by atoms with Crippen LogP contribution in [0.25, 0.3) is 12.2 Å². The van der Waals surface area contributed by atoms with E-state index in [1.54, 1.807) is 19.2 Å². The summed E-state index contributed by atoms with van der Waals surface area (Å²) in [5, 5.41) is 0. The number of benzene rings is 2. The molecule has 0 atom stereocenters. The Morgan fingerprint density at radius 2 is 1.75 bits per heavy atom. The van der Waals surface area contributed by atoms with E-state index < -0.39 is 5.91 Å². The van der Waals surface area contributed by atoms with E-state index in [0.717, 1.165) is 26.9 Å². The Kier molecular flexibility index (Phi) is 5.50. The van der Waals surface area contributed by atoms with Gasteiger partial charge in [0.05, 0.1) is 7.11 Å². The molecule has 1 amide bonds. The molecule has 0 saturated heterocycles. The van der Waals surface area contributed by atoms with Crippen LogP contribution in [0, 0.1) is 0 Å². The minimum Gasteiger partial charge on any atom is -0.496 e. The van der Waals surface area contributed by atoms with Gasteiger partial charge in [-0.15, -0.1) is 0 Å². The fourth-order valence-electron chi connectivity index (χ4n) is 2.47. The van der Waals surface area contributed by atoms with Crippen molar-refractivity contribution in [3.8, 4) is 5.75 Å². The lowest BCUT2D eigenvalue weighted by atomic mass is 9.85. The molecule has 2 aromatic rings. The highest BCUT2D eigenvalue weighted by Crippen LogP contribution is 2.37. The number of rotatable bonds is 4. The summed E-state index contributed by atoms with van der Waals surface area (Å²) in [6.45, 7) is 6.48. The van der Waals surface area contributed by atoms with Crippen molar-refractivity contribution >= 4 is 34.0 Å². The van der Waals surface area contributed by atoms with Crippen molar-refractivity contribution in [1.29, 1.82) is 0 Å². The summed E-state index contributed by atoms with van der Waals surface area (Å²) in [5.41, 5.74) is 8.86. The standard InChI is InChI=1S/C20H22BrNO2/c1-20(2,3)17-12-16(21)11-15(18(17)24-4)10-7-13-5-8-14(9-6-13)19(22)23/h5-12H,1-4H3,(H2,22,23)/b10-7+. The number of hydrogen-bond acceptors (Lipinski definition) is 2. The number of hydrogen-bond donors (Lipinski definition) is 1. The van der Waals surface area contributed by atoms with E-state index in [2.05, 4.69) is 42.8 Å². The monoisotopic (exact) mass is 387 g/mol. The van der Waals surface area contributed by atoms with E-state index in [-0.39, 0.29) is 5.41 Å². The van der Waals surface area contributed by atoms with Crippen LogP contribution in [0.4, 0.5) is 0 Å². The normalized spacial score (nSPS) is 11.7. The van der Waals surface area contributed by atoms with E-state index in [1.165, 1.54) is 0 Å². The highest BCUT2D eigenvalue weighted by molar-refractivity contribution is 9.10. The summed E-state index contributed by atoms with van der Waals surface area (Å²) in [7, 11) is 1.69. The van der Waals surface area contributed by atoms with Gasteiger partial charge in [-0.25, -0.2) is 0 Å². The molecule has 0 aromatic heterocycles. The predicted molar refractivity (Wildman–Crippen MR) is 103 cm³/mol. The van der Waals surface area contributed by atoms with Gasteiger partial charge in [0.15, 0.2) is 0 Å². The van der Waals surface area contributed by atoms with E-state index >= 15 is 0 Å². The van der Waals surface area contributed by atoms with Gasteiger partial charge >= 0.3 is 0 Å². The fraction of sp³-hybridized carbons (Fsp3) is 0.250. The van der Waals surface area contributed by atoms with Gasteiger partial charge < -0.3 is 10.5 Å². The lowest BCUT2D eigenvalue weighted by Gasteiger charge is -2.24. The number of halogens is 1. The highest BCUT2D eigenvalue weighted by atomic mass is 79.9. The topological polar surface area (TPSA) is 52.3 Å². The molecule has 0 aliphatic heterocycles. The van der Waals surface area contributed by atoms with Crippen molar-refractivity contribution in [2.45, 2.75) is 26.2 Å². The second-order valence-corrected chi connectivity index (χ2v) is 7.56. The number of carbonyl (C=O) groups is 1. The minimum absolute atomic E-state index is 0.0269. The molecule has 0 unspecified atom stereocenters. The second-order valence-electron chi connectivity index (χ2n) is 6.65. The third kappa shape index (κ3) is 4.26.